The molecule has 1 heterocycles. The Balaban J connectivity index is 2.01. The smallest absolute Gasteiger partial charge is 0.381 e. The molecule has 1 N–H and O–H groups in total. The Morgan fingerprint density at radius 2 is 1.89 bits per heavy atom. The molecule has 0 aromatic rings. The Bertz CT molecular complexity index is 228. The second-order valence-corrected chi connectivity index (χ2v) is 5.09. The van der Waals surface area contributed by atoms with Gasteiger partial charge in [0.05, 0.1) is 6.54 Å². The lowest BCUT2D eigenvalue weighted by Crippen LogP contribution is -2.45. The Morgan fingerprint density at radius 1 is 1.21 bits per heavy atom. The van der Waals surface area contributed by atoms with Gasteiger partial charge in [0, 0.05) is 19.3 Å². The van der Waals surface area contributed by atoms with E-state index < -0.39 is 12.7 Å². The van der Waals surface area contributed by atoms with Gasteiger partial charge in [-0.25, -0.2) is 0 Å². The van der Waals surface area contributed by atoms with Crippen LogP contribution in [0.4, 0.5) is 13.2 Å². The monoisotopic (exact) mass is 282 g/mol. The van der Waals surface area contributed by atoms with E-state index in [4.69, 9.17) is 4.74 Å². The van der Waals surface area contributed by atoms with Gasteiger partial charge in [0.1, 0.15) is 0 Å². The van der Waals surface area contributed by atoms with Gasteiger partial charge in [-0.15, -0.1) is 0 Å². The van der Waals surface area contributed by atoms with Crippen LogP contribution >= 0.6 is 0 Å². The zero-order chi connectivity index (χ0) is 14.1. The summed E-state index contributed by atoms with van der Waals surface area (Å²) in [5.74, 6) is 0. The molecule has 19 heavy (non-hydrogen) atoms. The van der Waals surface area contributed by atoms with Gasteiger partial charge in [-0.1, -0.05) is 6.92 Å². The number of alkyl halides is 3. The Morgan fingerprint density at radius 3 is 2.47 bits per heavy atom. The summed E-state index contributed by atoms with van der Waals surface area (Å²) in [4.78, 5) is 1.49. The zero-order valence-electron chi connectivity index (χ0n) is 11.6. The van der Waals surface area contributed by atoms with Gasteiger partial charge >= 0.3 is 6.18 Å². The van der Waals surface area contributed by atoms with Crippen molar-refractivity contribution in [1.29, 1.82) is 0 Å². The first-order chi connectivity index (χ1) is 9.01. The highest BCUT2D eigenvalue weighted by Gasteiger charge is 2.32. The molecule has 1 rings (SSSR count). The van der Waals surface area contributed by atoms with Crippen LogP contribution in [-0.4, -0.2) is 56.5 Å². The molecule has 6 heteroatoms. The number of hydrogen-bond donors (Lipinski definition) is 1. The number of piperidine rings is 1. The maximum atomic E-state index is 12.2. The van der Waals surface area contributed by atoms with Crippen molar-refractivity contribution in [3.8, 4) is 0 Å². The molecule has 0 atom stereocenters. The minimum atomic E-state index is -4.07. The van der Waals surface area contributed by atoms with Crippen LogP contribution < -0.4 is 5.32 Å². The molecule has 0 spiro atoms. The van der Waals surface area contributed by atoms with Crippen molar-refractivity contribution < 1.29 is 17.9 Å². The Labute approximate surface area is 113 Å². The van der Waals surface area contributed by atoms with Gasteiger partial charge in [-0.2, -0.15) is 13.2 Å². The summed E-state index contributed by atoms with van der Waals surface area (Å²) in [5, 5.41) is 3.39. The molecule has 0 radical (unpaired) electrons. The van der Waals surface area contributed by atoms with Crippen molar-refractivity contribution >= 4 is 0 Å². The molecule has 1 aliphatic heterocycles. The molecule has 3 nitrogen and oxygen atoms in total. The van der Waals surface area contributed by atoms with E-state index in [0.29, 0.717) is 19.1 Å². The van der Waals surface area contributed by atoms with Crippen LogP contribution in [0.2, 0.25) is 0 Å². The lowest BCUT2D eigenvalue weighted by molar-refractivity contribution is -0.148. The predicted molar refractivity (Wildman–Crippen MR) is 69.2 cm³/mol. The highest BCUT2D eigenvalue weighted by Crippen LogP contribution is 2.19. The fourth-order valence-electron chi connectivity index (χ4n) is 2.28. The standard InChI is InChI=1S/C13H25F3N2O/c1-2-9-19-10-3-6-17-12-4-7-18(8-5-12)11-13(14,15)16/h12,17H,2-11H2,1H3. The van der Waals surface area contributed by atoms with E-state index in [9.17, 15) is 13.2 Å². The van der Waals surface area contributed by atoms with Crippen molar-refractivity contribution in [1.82, 2.24) is 10.2 Å². The first kappa shape index (κ1) is 16.7. The average Bonchev–Trinajstić information content (AvgIpc) is 2.34. The lowest BCUT2D eigenvalue weighted by Gasteiger charge is -2.32. The number of rotatable bonds is 8. The maximum Gasteiger partial charge on any atom is 0.401 e. The van der Waals surface area contributed by atoms with Gasteiger partial charge in [0.2, 0.25) is 0 Å². The highest BCUT2D eigenvalue weighted by molar-refractivity contribution is 4.78. The van der Waals surface area contributed by atoms with Crippen LogP contribution in [0.25, 0.3) is 0 Å². The number of halogens is 3. The third-order valence-corrected chi connectivity index (χ3v) is 3.24. The van der Waals surface area contributed by atoms with Crippen molar-refractivity contribution in [3.63, 3.8) is 0 Å². The summed E-state index contributed by atoms with van der Waals surface area (Å²) in [7, 11) is 0. The Hall–Kier alpha value is -0.330. The first-order valence-electron chi connectivity index (χ1n) is 7.11. The van der Waals surface area contributed by atoms with Crippen molar-refractivity contribution in [2.75, 3.05) is 39.4 Å². The van der Waals surface area contributed by atoms with Gasteiger partial charge < -0.3 is 10.1 Å². The van der Waals surface area contributed by atoms with Crippen molar-refractivity contribution in [2.24, 2.45) is 0 Å². The number of ether oxygens (including phenoxy) is 1. The second-order valence-electron chi connectivity index (χ2n) is 5.09. The largest absolute Gasteiger partial charge is 0.401 e. The number of nitrogens with zero attached hydrogens (tertiary/aromatic N) is 1. The highest BCUT2D eigenvalue weighted by atomic mass is 19.4. The summed E-state index contributed by atoms with van der Waals surface area (Å²) in [6.07, 6.45) is -0.484. The fourth-order valence-corrected chi connectivity index (χ4v) is 2.28. The van der Waals surface area contributed by atoms with E-state index >= 15 is 0 Å². The molecule has 114 valence electrons. The minimum Gasteiger partial charge on any atom is -0.381 e. The van der Waals surface area contributed by atoms with E-state index in [-0.39, 0.29) is 0 Å². The Kier molecular flexibility index (Phi) is 7.71. The predicted octanol–water partition coefficient (Wildman–Crippen LogP) is 2.42. The molecule has 1 saturated heterocycles. The molecule has 0 aromatic heterocycles. The second kappa shape index (κ2) is 8.76. The van der Waals surface area contributed by atoms with Crippen LogP contribution in [0.1, 0.15) is 32.6 Å². The van der Waals surface area contributed by atoms with E-state index in [2.05, 4.69) is 12.2 Å². The first-order valence-corrected chi connectivity index (χ1v) is 7.11. The molecule has 0 aliphatic carbocycles. The summed E-state index contributed by atoms with van der Waals surface area (Å²) < 4.78 is 42.0. The molecule has 0 unspecified atom stereocenters. The summed E-state index contributed by atoms with van der Waals surface area (Å²) >= 11 is 0. The number of hydrogen-bond acceptors (Lipinski definition) is 3. The van der Waals surface area contributed by atoms with Gasteiger partial charge in [0.25, 0.3) is 0 Å². The van der Waals surface area contributed by atoms with E-state index in [1.54, 1.807) is 0 Å². The quantitative estimate of drug-likeness (QED) is 0.692. The zero-order valence-corrected chi connectivity index (χ0v) is 11.6. The lowest BCUT2D eigenvalue weighted by atomic mass is 10.1. The molecule has 1 aliphatic rings. The van der Waals surface area contributed by atoms with Gasteiger partial charge in [-0.05, 0) is 45.3 Å². The van der Waals surface area contributed by atoms with Gasteiger partial charge in [0.15, 0.2) is 0 Å². The molecular formula is C13H25F3N2O. The number of nitrogens with one attached hydrogen (secondary N) is 1. The van der Waals surface area contributed by atoms with E-state index in [1.165, 1.54) is 4.90 Å². The molecule has 1 fully saturated rings. The average molecular weight is 282 g/mol. The topological polar surface area (TPSA) is 24.5 Å². The normalized spacial score (nSPS) is 18.9. The van der Waals surface area contributed by atoms with Crippen LogP contribution in [0.15, 0.2) is 0 Å². The molecule has 0 amide bonds. The third kappa shape index (κ3) is 8.44. The molecule has 0 aromatic carbocycles. The van der Waals surface area contributed by atoms with Gasteiger partial charge in [-0.3, -0.25) is 4.90 Å². The molecule has 0 saturated carbocycles. The van der Waals surface area contributed by atoms with Crippen LogP contribution in [0.5, 0.6) is 0 Å². The SMILES string of the molecule is CCCOCCCNC1CCN(CC(F)(F)F)CC1. The minimum absolute atomic E-state index is 0.357. The van der Waals surface area contributed by atoms with Crippen LogP contribution in [-0.2, 0) is 4.74 Å². The third-order valence-electron chi connectivity index (χ3n) is 3.24. The summed E-state index contributed by atoms with van der Waals surface area (Å²) in [6, 6.07) is 0.357. The fraction of sp³-hybridized carbons (Fsp3) is 1.00. The van der Waals surface area contributed by atoms with Crippen molar-refractivity contribution in [2.45, 2.75) is 44.8 Å². The molecule has 0 bridgehead atoms. The molecular weight excluding hydrogens is 257 g/mol. The van der Waals surface area contributed by atoms with Crippen LogP contribution in [0, 0.1) is 0 Å². The van der Waals surface area contributed by atoms with E-state index in [0.717, 1.165) is 45.4 Å². The van der Waals surface area contributed by atoms with E-state index in [1.807, 2.05) is 0 Å². The van der Waals surface area contributed by atoms with Crippen LogP contribution in [0.3, 0.4) is 0 Å². The summed E-state index contributed by atoms with van der Waals surface area (Å²) in [5.41, 5.74) is 0. The summed E-state index contributed by atoms with van der Waals surface area (Å²) in [6.45, 7) is 4.81. The number of likely N-dealkylation sites (tertiary alicyclic amines) is 1. The van der Waals surface area contributed by atoms with Crippen molar-refractivity contribution in [3.05, 3.63) is 0 Å². The maximum absolute atomic E-state index is 12.2.